The topological polar surface area (TPSA) is 39.9 Å². The zero-order chi connectivity index (χ0) is 9.68. The fourth-order valence-corrected chi connectivity index (χ4v) is 1.12. The molecule has 0 aliphatic rings. The van der Waals surface area contributed by atoms with Crippen molar-refractivity contribution in [1.29, 1.82) is 5.26 Å². The molecule has 68 valence electrons. The third kappa shape index (κ3) is 2.85. The van der Waals surface area contributed by atoms with E-state index >= 15 is 0 Å². The number of nitriles is 1. The van der Waals surface area contributed by atoms with Crippen LogP contribution in [0.2, 0.25) is 0 Å². The smallest absolute Gasteiger partial charge is 0.0866 e. The van der Waals surface area contributed by atoms with Crippen molar-refractivity contribution in [2.24, 2.45) is 0 Å². The Bertz CT molecular complexity index is 314. The van der Waals surface area contributed by atoms with Gasteiger partial charge in [0.2, 0.25) is 0 Å². The first-order valence-electron chi connectivity index (χ1n) is 4.20. The van der Waals surface area contributed by atoms with E-state index in [4.69, 9.17) is 5.26 Å². The molecule has 0 atom stereocenters. The molecule has 3 nitrogen and oxygen atoms in total. The number of pyridine rings is 1. The maximum absolute atomic E-state index is 8.47. The van der Waals surface area contributed by atoms with Gasteiger partial charge in [-0.3, -0.25) is 9.88 Å². The Morgan fingerprint density at radius 1 is 1.62 bits per heavy atom. The fraction of sp³-hybridized carbons (Fsp3) is 0.400. The number of rotatable bonds is 3. The maximum atomic E-state index is 8.47. The standard InChI is InChI=1S/C10H13N3/c1-9-4-3-6-12-10(9)8-13(2)7-5-11/h3-4,6H,7-8H2,1-2H3. The lowest BCUT2D eigenvalue weighted by Gasteiger charge is -2.12. The molecule has 1 heterocycles. The molecule has 0 saturated heterocycles. The molecule has 0 aliphatic carbocycles. The van der Waals surface area contributed by atoms with Crippen LogP contribution >= 0.6 is 0 Å². The molecule has 0 unspecified atom stereocenters. The van der Waals surface area contributed by atoms with Crippen LogP contribution in [0.5, 0.6) is 0 Å². The quantitative estimate of drug-likeness (QED) is 0.651. The predicted octanol–water partition coefficient (Wildman–Crippen LogP) is 1.35. The Balaban J connectivity index is 2.64. The molecular weight excluding hydrogens is 162 g/mol. The average Bonchev–Trinajstić information content (AvgIpc) is 2.09. The van der Waals surface area contributed by atoms with Crippen molar-refractivity contribution in [2.45, 2.75) is 13.5 Å². The second-order valence-electron chi connectivity index (χ2n) is 3.10. The van der Waals surface area contributed by atoms with Gasteiger partial charge in [-0.1, -0.05) is 6.07 Å². The Kier molecular flexibility index (Phi) is 3.41. The van der Waals surface area contributed by atoms with Crippen LogP contribution in [0.1, 0.15) is 11.3 Å². The van der Waals surface area contributed by atoms with Crippen molar-refractivity contribution in [3.05, 3.63) is 29.6 Å². The molecular formula is C10H13N3. The second-order valence-corrected chi connectivity index (χ2v) is 3.10. The van der Waals surface area contributed by atoms with Gasteiger partial charge in [0.25, 0.3) is 0 Å². The van der Waals surface area contributed by atoms with Gasteiger partial charge in [-0.05, 0) is 25.6 Å². The predicted molar refractivity (Wildman–Crippen MR) is 50.9 cm³/mol. The van der Waals surface area contributed by atoms with Crippen molar-refractivity contribution in [1.82, 2.24) is 9.88 Å². The lowest BCUT2D eigenvalue weighted by molar-refractivity contribution is 0.361. The summed E-state index contributed by atoms with van der Waals surface area (Å²) in [6.45, 7) is 3.21. The van der Waals surface area contributed by atoms with Crippen LogP contribution < -0.4 is 0 Å². The van der Waals surface area contributed by atoms with Crippen LogP contribution in [-0.2, 0) is 6.54 Å². The van der Waals surface area contributed by atoms with E-state index in [0.29, 0.717) is 6.54 Å². The van der Waals surface area contributed by atoms with Gasteiger partial charge in [0.1, 0.15) is 0 Å². The Labute approximate surface area is 78.6 Å². The van der Waals surface area contributed by atoms with Crippen molar-refractivity contribution in [2.75, 3.05) is 13.6 Å². The minimum absolute atomic E-state index is 0.440. The highest BCUT2D eigenvalue weighted by atomic mass is 15.1. The summed E-state index contributed by atoms with van der Waals surface area (Å²) in [5.74, 6) is 0. The summed E-state index contributed by atoms with van der Waals surface area (Å²) < 4.78 is 0. The normalized spacial score (nSPS) is 10.0. The summed E-state index contributed by atoms with van der Waals surface area (Å²) in [5, 5.41) is 8.47. The molecule has 0 aromatic carbocycles. The molecule has 3 heteroatoms. The van der Waals surface area contributed by atoms with E-state index in [-0.39, 0.29) is 0 Å². The average molecular weight is 175 g/mol. The van der Waals surface area contributed by atoms with Crippen LogP contribution in [0.3, 0.4) is 0 Å². The van der Waals surface area contributed by atoms with Crippen molar-refractivity contribution >= 4 is 0 Å². The number of nitrogens with zero attached hydrogens (tertiary/aromatic N) is 3. The maximum Gasteiger partial charge on any atom is 0.0866 e. The van der Waals surface area contributed by atoms with Crippen LogP contribution in [0.4, 0.5) is 0 Å². The van der Waals surface area contributed by atoms with Gasteiger partial charge < -0.3 is 0 Å². The van der Waals surface area contributed by atoms with Crippen LogP contribution in [0, 0.1) is 18.3 Å². The largest absolute Gasteiger partial charge is 0.288 e. The molecule has 0 aliphatic heterocycles. The van der Waals surface area contributed by atoms with Crippen LogP contribution in [0.15, 0.2) is 18.3 Å². The fourth-order valence-electron chi connectivity index (χ4n) is 1.12. The van der Waals surface area contributed by atoms with Crippen LogP contribution in [0.25, 0.3) is 0 Å². The molecule has 0 amide bonds. The van der Waals surface area contributed by atoms with Crippen molar-refractivity contribution < 1.29 is 0 Å². The van der Waals surface area contributed by atoms with E-state index in [0.717, 1.165) is 12.2 Å². The van der Waals surface area contributed by atoms with Gasteiger partial charge in [0, 0.05) is 12.7 Å². The Morgan fingerprint density at radius 3 is 3.00 bits per heavy atom. The third-order valence-electron chi connectivity index (χ3n) is 1.88. The van der Waals surface area contributed by atoms with Crippen LogP contribution in [-0.4, -0.2) is 23.5 Å². The van der Waals surface area contributed by atoms with E-state index < -0.39 is 0 Å². The highest BCUT2D eigenvalue weighted by Crippen LogP contribution is 2.05. The minimum Gasteiger partial charge on any atom is -0.288 e. The van der Waals surface area contributed by atoms with Gasteiger partial charge in [-0.25, -0.2) is 0 Å². The lowest BCUT2D eigenvalue weighted by Crippen LogP contribution is -2.19. The van der Waals surface area contributed by atoms with E-state index in [9.17, 15) is 0 Å². The van der Waals surface area contributed by atoms with Crippen molar-refractivity contribution in [3.8, 4) is 6.07 Å². The second kappa shape index (κ2) is 4.58. The SMILES string of the molecule is Cc1cccnc1CN(C)CC#N. The number of aryl methyl sites for hydroxylation is 1. The molecule has 0 N–H and O–H groups in total. The summed E-state index contributed by atoms with van der Waals surface area (Å²) in [6, 6.07) is 6.06. The zero-order valence-corrected chi connectivity index (χ0v) is 7.99. The molecule has 0 radical (unpaired) electrons. The molecule has 1 aromatic rings. The number of hydrogen-bond acceptors (Lipinski definition) is 3. The summed E-state index contributed by atoms with van der Waals surface area (Å²) in [5.41, 5.74) is 2.22. The number of aromatic nitrogens is 1. The van der Waals surface area contributed by atoms with E-state index in [1.54, 1.807) is 6.20 Å². The summed E-state index contributed by atoms with van der Waals surface area (Å²) in [7, 11) is 1.91. The highest BCUT2D eigenvalue weighted by Gasteiger charge is 2.02. The molecule has 1 aromatic heterocycles. The first kappa shape index (κ1) is 9.69. The van der Waals surface area contributed by atoms with E-state index in [1.807, 2.05) is 31.0 Å². The van der Waals surface area contributed by atoms with Gasteiger partial charge in [-0.2, -0.15) is 5.26 Å². The molecule has 0 saturated carbocycles. The first-order valence-corrected chi connectivity index (χ1v) is 4.20. The summed E-state index contributed by atoms with van der Waals surface area (Å²) >= 11 is 0. The molecule has 13 heavy (non-hydrogen) atoms. The van der Waals surface area contributed by atoms with E-state index in [2.05, 4.69) is 11.1 Å². The van der Waals surface area contributed by atoms with E-state index in [1.165, 1.54) is 5.56 Å². The highest BCUT2D eigenvalue weighted by molar-refractivity contribution is 5.17. The van der Waals surface area contributed by atoms with Crippen molar-refractivity contribution in [3.63, 3.8) is 0 Å². The minimum atomic E-state index is 0.440. The lowest BCUT2D eigenvalue weighted by atomic mass is 10.2. The molecule has 1 rings (SSSR count). The summed E-state index contributed by atoms with van der Waals surface area (Å²) in [4.78, 5) is 6.19. The van der Waals surface area contributed by atoms with Gasteiger partial charge in [0.05, 0.1) is 18.3 Å². The monoisotopic (exact) mass is 175 g/mol. The summed E-state index contributed by atoms with van der Waals surface area (Å²) in [6.07, 6.45) is 1.78. The molecule has 0 spiro atoms. The third-order valence-corrected chi connectivity index (χ3v) is 1.88. The molecule has 0 bridgehead atoms. The first-order chi connectivity index (χ1) is 6.24. The van der Waals surface area contributed by atoms with Gasteiger partial charge in [-0.15, -0.1) is 0 Å². The number of hydrogen-bond donors (Lipinski definition) is 0. The zero-order valence-electron chi connectivity index (χ0n) is 7.99. The Hall–Kier alpha value is -1.40. The van der Waals surface area contributed by atoms with Gasteiger partial charge in [0.15, 0.2) is 0 Å². The van der Waals surface area contributed by atoms with Gasteiger partial charge >= 0.3 is 0 Å². The Morgan fingerprint density at radius 2 is 2.38 bits per heavy atom. The molecule has 0 fully saturated rings.